The standard InChI is InChI=1S/C19H20N2O2S/c1-5-12-16-10(2)15(13-8-6-7-9-14(13)23-4)11(3)21-19(16)24-17(12)18(20)22/h6-9H,5H2,1-4H3,(H2,20,22). The minimum atomic E-state index is -0.384. The van der Waals surface area contributed by atoms with Gasteiger partial charge < -0.3 is 10.5 Å². The topological polar surface area (TPSA) is 65.2 Å². The second kappa shape index (κ2) is 6.24. The van der Waals surface area contributed by atoms with Crippen LogP contribution in [0.4, 0.5) is 0 Å². The van der Waals surface area contributed by atoms with Gasteiger partial charge in [0.25, 0.3) is 5.91 Å². The maximum atomic E-state index is 11.8. The Balaban J connectivity index is 2.40. The highest BCUT2D eigenvalue weighted by Crippen LogP contribution is 2.41. The summed E-state index contributed by atoms with van der Waals surface area (Å²) in [5, 5.41) is 1.04. The molecule has 2 aromatic heterocycles. The maximum Gasteiger partial charge on any atom is 0.259 e. The first-order valence-corrected chi connectivity index (χ1v) is 8.67. The summed E-state index contributed by atoms with van der Waals surface area (Å²) in [4.78, 5) is 18.0. The van der Waals surface area contributed by atoms with Gasteiger partial charge in [0.1, 0.15) is 10.6 Å². The van der Waals surface area contributed by atoms with Crippen molar-refractivity contribution in [3.05, 3.63) is 46.0 Å². The molecule has 1 aromatic carbocycles. The second-order valence-electron chi connectivity index (χ2n) is 5.71. The van der Waals surface area contributed by atoms with Crippen LogP contribution in [0.5, 0.6) is 5.75 Å². The molecule has 0 aliphatic rings. The lowest BCUT2D eigenvalue weighted by molar-refractivity contribution is 0.100. The molecule has 2 heterocycles. The van der Waals surface area contributed by atoms with Gasteiger partial charge in [-0.1, -0.05) is 25.1 Å². The Bertz CT molecular complexity index is 944. The predicted octanol–water partition coefficient (Wildman–Crippen LogP) is 4.25. The van der Waals surface area contributed by atoms with Crippen molar-refractivity contribution in [2.75, 3.05) is 7.11 Å². The number of thiophene rings is 1. The average Bonchev–Trinajstić information content (AvgIpc) is 2.94. The Morgan fingerprint density at radius 1 is 1.29 bits per heavy atom. The number of aromatic nitrogens is 1. The van der Waals surface area contributed by atoms with Crippen molar-refractivity contribution in [3.63, 3.8) is 0 Å². The highest BCUT2D eigenvalue weighted by Gasteiger charge is 2.22. The van der Waals surface area contributed by atoms with Gasteiger partial charge in [0.15, 0.2) is 0 Å². The van der Waals surface area contributed by atoms with Gasteiger partial charge in [-0.25, -0.2) is 4.98 Å². The number of carbonyl (C=O) groups is 1. The summed E-state index contributed by atoms with van der Waals surface area (Å²) < 4.78 is 5.52. The number of nitrogens with zero attached hydrogens (tertiary/aromatic N) is 1. The van der Waals surface area contributed by atoms with E-state index in [4.69, 9.17) is 15.5 Å². The molecule has 5 heteroatoms. The van der Waals surface area contributed by atoms with Crippen LogP contribution in [0.25, 0.3) is 21.3 Å². The first-order valence-electron chi connectivity index (χ1n) is 7.85. The lowest BCUT2D eigenvalue weighted by atomic mass is 9.94. The van der Waals surface area contributed by atoms with Crippen LogP contribution in [0.2, 0.25) is 0 Å². The average molecular weight is 340 g/mol. The van der Waals surface area contributed by atoms with E-state index < -0.39 is 0 Å². The van der Waals surface area contributed by atoms with Crippen molar-refractivity contribution in [1.29, 1.82) is 0 Å². The van der Waals surface area contributed by atoms with E-state index in [-0.39, 0.29) is 5.91 Å². The van der Waals surface area contributed by atoms with E-state index in [2.05, 4.69) is 6.92 Å². The highest BCUT2D eigenvalue weighted by atomic mass is 32.1. The third kappa shape index (κ3) is 2.45. The number of carbonyl (C=O) groups excluding carboxylic acids is 1. The predicted molar refractivity (Wildman–Crippen MR) is 99.0 cm³/mol. The third-order valence-corrected chi connectivity index (χ3v) is 5.46. The Morgan fingerprint density at radius 2 is 2.00 bits per heavy atom. The Kier molecular flexibility index (Phi) is 4.28. The Hall–Kier alpha value is -2.40. The van der Waals surface area contributed by atoms with E-state index in [1.807, 2.05) is 38.1 Å². The summed E-state index contributed by atoms with van der Waals surface area (Å²) in [6.45, 7) is 6.11. The largest absolute Gasteiger partial charge is 0.496 e. The first kappa shape index (κ1) is 16.5. The van der Waals surface area contributed by atoms with Gasteiger partial charge in [0.05, 0.1) is 12.0 Å². The second-order valence-corrected chi connectivity index (χ2v) is 6.70. The minimum Gasteiger partial charge on any atom is -0.496 e. The quantitative estimate of drug-likeness (QED) is 0.772. The van der Waals surface area contributed by atoms with E-state index in [9.17, 15) is 4.79 Å². The van der Waals surface area contributed by atoms with Crippen molar-refractivity contribution in [2.45, 2.75) is 27.2 Å². The molecule has 0 bridgehead atoms. The van der Waals surface area contributed by atoms with E-state index in [0.717, 1.165) is 50.3 Å². The van der Waals surface area contributed by atoms with Crippen LogP contribution < -0.4 is 10.5 Å². The molecule has 3 rings (SSSR count). The summed E-state index contributed by atoms with van der Waals surface area (Å²) in [5.74, 6) is 0.430. The number of amides is 1. The number of primary amides is 1. The van der Waals surface area contributed by atoms with Crippen LogP contribution in [0.15, 0.2) is 24.3 Å². The van der Waals surface area contributed by atoms with Crippen LogP contribution >= 0.6 is 11.3 Å². The number of hydrogen-bond donors (Lipinski definition) is 1. The molecule has 3 aromatic rings. The van der Waals surface area contributed by atoms with Crippen molar-refractivity contribution in [1.82, 2.24) is 4.98 Å². The molecule has 124 valence electrons. The number of nitrogens with two attached hydrogens (primary N) is 1. The number of rotatable bonds is 4. The molecule has 0 fully saturated rings. The molecule has 0 aliphatic heterocycles. The molecule has 1 amide bonds. The van der Waals surface area contributed by atoms with Crippen LogP contribution in [-0.4, -0.2) is 18.0 Å². The van der Waals surface area contributed by atoms with Gasteiger partial charge >= 0.3 is 0 Å². The summed E-state index contributed by atoms with van der Waals surface area (Å²) in [7, 11) is 1.67. The Labute approximate surface area is 145 Å². The highest BCUT2D eigenvalue weighted by molar-refractivity contribution is 7.20. The fourth-order valence-corrected chi connectivity index (χ4v) is 4.53. The van der Waals surface area contributed by atoms with Crippen LogP contribution in [0.3, 0.4) is 0 Å². The smallest absolute Gasteiger partial charge is 0.259 e. The van der Waals surface area contributed by atoms with Crippen molar-refractivity contribution in [3.8, 4) is 16.9 Å². The molecule has 0 spiro atoms. The van der Waals surface area contributed by atoms with E-state index in [1.54, 1.807) is 7.11 Å². The zero-order valence-corrected chi connectivity index (χ0v) is 15.1. The summed E-state index contributed by atoms with van der Waals surface area (Å²) in [5.41, 5.74) is 10.7. The number of para-hydroxylation sites is 1. The molecule has 0 unspecified atom stereocenters. The lowest BCUT2D eigenvalue weighted by Gasteiger charge is -2.14. The fourth-order valence-electron chi connectivity index (χ4n) is 3.31. The molecular weight excluding hydrogens is 320 g/mol. The molecule has 0 saturated heterocycles. The number of hydrogen-bond acceptors (Lipinski definition) is 4. The van der Waals surface area contributed by atoms with E-state index >= 15 is 0 Å². The van der Waals surface area contributed by atoms with Crippen LogP contribution in [-0.2, 0) is 6.42 Å². The molecule has 24 heavy (non-hydrogen) atoms. The zero-order valence-electron chi connectivity index (χ0n) is 14.3. The maximum absolute atomic E-state index is 11.8. The number of benzene rings is 1. The van der Waals surface area contributed by atoms with Gasteiger partial charge in [-0.05, 0) is 37.5 Å². The fraction of sp³-hybridized carbons (Fsp3) is 0.263. The van der Waals surface area contributed by atoms with Crippen molar-refractivity contribution in [2.24, 2.45) is 5.73 Å². The van der Waals surface area contributed by atoms with E-state index in [0.29, 0.717) is 4.88 Å². The summed E-state index contributed by atoms with van der Waals surface area (Å²) in [6.07, 6.45) is 0.745. The van der Waals surface area contributed by atoms with E-state index in [1.165, 1.54) is 11.3 Å². The number of aryl methyl sites for hydroxylation is 3. The number of ether oxygens (including phenoxy) is 1. The molecule has 0 radical (unpaired) electrons. The normalized spacial score (nSPS) is 11.0. The lowest BCUT2D eigenvalue weighted by Crippen LogP contribution is -2.10. The molecule has 2 N–H and O–H groups in total. The van der Waals surface area contributed by atoms with Crippen molar-refractivity contribution >= 4 is 27.5 Å². The van der Waals surface area contributed by atoms with Gasteiger partial charge in [-0.15, -0.1) is 11.3 Å². The van der Waals surface area contributed by atoms with Crippen molar-refractivity contribution < 1.29 is 9.53 Å². The first-order chi connectivity index (χ1) is 11.5. The number of fused-ring (bicyclic) bond motifs is 1. The van der Waals surface area contributed by atoms with Gasteiger partial charge in [0, 0.05) is 22.2 Å². The number of methoxy groups -OCH3 is 1. The Morgan fingerprint density at radius 3 is 2.62 bits per heavy atom. The molecule has 0 saturated carbocycles. The molecule has 0 atom stereocenters. The SMILES string of the molecule is CCc1c(C(N)=O)sc2nc(C)c(-c3ccccc3OC)c(C)c12. The minimum absolute atomic E-state index is 0.384. The van der Waals surface area contributed by atoms with Gasteiger partial charge in [-0.3, -0.25) is 4.79 Å². The monoisotopic (exact) mass is 340 g/mol. The third-order valence-electron chi connectivity index (χ3n) is 4.32. The van der Waals surface area contributed by atoms with Crippen LogP contribution in [0.1, 0.15) is 33.4 Å². The summed E-state index contributed by atoms with van der Waals surface area (Å²) >= 11 is 1.38. The zero-order chi connectivity index (χ0) is 17.4. The molecular formula is C19H20N2O2S. The van der Waals surface area contributed by atoms with Gasteiger partial charge in [-0.2, -0.15) is 0 Å². The molecule has 0 aliphatic carbocycles. The van der Waals surface area contributed by atoms with Gasteiger partial charge in [0.2, 0.25) is 0 Å². The molecule has 4 nitrogen and oxygen atoms in total. The number of pyridine rings is 1. The summed E-state index contributed by atoms with van der Waals surface area (Å²) in [6, 6.07) is 7.92. The van der Waals surface area contributed by atoms with Crippen LogP contribution in [0, 0.1) is 13.8 Å².